The lowest BCUT2D eigenvalue weighted by atomic mass is 9.82. The van der Waals surface area contributed by atoms with Crippen LogP contribution >= 0.6 is 0 Å². The molecule has 1 N–H and O–H groups in total. The Bertz CT molecular complexity index is 832. The maximum atomic E-state index is 11.3. The number of benzene rings is 1. The van der Waals surface area contributed by atoms with Gasteiger partial charge in [-0.05, 0) is 71.5 Å². The average molecular weight is 472 g/mol. The number of nitrogens with zero attached hydrogens (tertiary/aromatic N) is 1. The number of likely N-dealkylation sites (N-methyl/N-ethyl adjacent to an activating group) is 1. The fourth-order valence-electron chi connectivity index (χ4n) is 4.40. The van der Waals surface area contributed by atoms with E-state index in [1.165, 1.54) is 16.7 Å². The highest BCUT2D eigenvalue weighted by atomic mass is 28.4. The van der Waals surface area contributed by atoms with Crippen LogP contribution in [-0.2, 0) is 4.43 Å². The van der Waals surface area contributed by atoms with Gasteiger partial charge in [0.15, 0.2) is 8.32 Å². The van der Waals surface area contributed by atoms with Crippen molar-refractivity contribution in [1.29, 1.82) is 0 Å². The van der Waals surface area contributed by atoms with Gasteiger partial charge in [0.05, 0.1) is 12.1 Å². The van der Waals surface area contributed by atoms with Crippen LogP contribution in [0.3, 0.4) is 0 Å². The molecule has 1 aliphatic rings. The fraction of sp³-hybridized carbons (Fsp3) is 0.655. The molecule has 33 heavy (non-hydrogen) atoms. The molecule has 2 unspecified atom stereocenters. The molecule has 0 spiro atoms. The predicted octanol–water partition coefficient (Wildman–Crippen LogP) is 7.82. The first kappa shape index (κ1) is 27.9. The van der Waals surface area contributed by atoms with Gasteiger partial charge in [-0.25, -0.2) is 0 Å². The summed E-state index contributed by atoms with van der Waals surface area (Å²) in [6.45, 7) is 21.2. The van der Waals surface area contributed by atoms with Crippen molar-refractivity contribution in [2.75, 3.05) is 13.7 Å². The summed E-state index contributed by atoms with van der Waals surface area (Å²) in [5.41, 5.74) is 5.08. The third-order valence-corrected chi connectivity index (χ3v) is 11.9. The minimum atomic E-state index is -1.71. The largest absolute Gasteiger partial charge is 0.417 e. The highest BCUT2D eigenvalue weighted by molar-refractivity contribution is 6.74. The Hall–Kier alpha value is -1.36. The predicted molar refractivity (Wildman–Crippen MR) is 145 cm³/mol. The summed E-state index contributed by atoms with van der Waals surface area (Å²) in [6.07, 6.45) is 6.87. The summed E-state index contributed by atoms with van der Waals surface area (Å²) < 4.78 is 6.40. The summed E-state index contributed by atoms with van der Waals surface area (Å²) in [6, 6.07) is 8.79. The zero-order chi connectivity index (χ0) is 25.0. The molecule has 1 heterocycles. The zero-order valence-electron chi connectivity index (χ0n) is 22.9. The summed E-state index contributed by atoms with van der Waals surface area (Å²) in [7, 11) is 0.443. The van der Waals surface area contributed by atoms with Crippen molar-refractivity contribution in [2.24, 2.45) is 5.92 Å². The summed E-state index contributed by atoms with van der Waals surface area (Å²) in [4.78, 5) is 2.31. The molecular weight excluding hydrogens is 422 g/mol. The second kappa shape index (κ2) is 11.4. The molecule has 1 aromatic rings. The molecule has 1 aliphatic heterocycles. The van der Waals surface area contributed by atoms with Gasteiger partial charge in [-0.3, -0.25) is 0 Å². The average Bonchev–Trinajstić information content (AvgIpc) is 2.69. The van der Waals surface area contributed by atoms with Crippen molar-refractivity contribution >= 4 is 8.32 Å². The van der Waals surface area contributed by atoms with Crippen LogP contribution in [0.4, 0.5) is 0 Å². The van der Waals surface area contributed by atoms with Gasteiger partial charge in [0.2, 0.25) is 0 Å². The second-order valence-corrected chi connectivity index (χ2v) is 16.9. The van der Waals surface area contributed by atoms with Gasteiger partial charge in [-0.2, -0.15) is 0 Å². The maximum Gasteiger partial charge on any atom is 0.191 e. The molecule has 0 aromatic heterocycles. The first-order valence-electron chi connectivity index (χ1n) is 12.8. The SMILES string of the molecule is CC(C)CC(O)C1=CC(CCCO[Si](C)(C)C(C)(C)C)=CN(C)C1c1ccccc1C(C)C. The van der Waals surface area contributed by atoms with E-state index in [-0.39, 0.29) is 11.1 Å². The number of rotatable bonds is 10. The van der Waals surface area contributed by atoms with E-state index in [0.717, 1.165) is 31.4 Å². The monoisotopic (exact) mass is 471 g/mol. The Kier molecular flexibility index (Phi) is 9.61. The third kappa shape index (κ3) is 7.31. The fourth-order valence-corrected chi connectivity index (χ4v) is 5.49. The van der Waals surface area contributed by atoms with Crippen LogP contribution in [0, 0.1) is 5.92 Å². The van der Waals surface area contributed by atoms with Crippen molar-refractivity contribution in [3.63, 3.8) is 0 Å². The topological polar surface area (TPSA) is 32.7 Å². The molecular formula is C29H49NO2Si. The van der Waals surface area contributed by atoms with Crippen LogP contribution in [0.2, 0.25) is 18.1 Å². The van der Waals surface area contributed by atoms with Gasteiger partial charge in [0, 0.05) is 19.9 Å². The number of allylic oxidation sites excluding steroid dienone is 2. The molecule has 2 atom stereocenters. The van der Waals surface area contributed by atoms with E-state index >= 15 is 0 Å². The van der Waals surface area contributed by atoms with Crippen LogP contribution in [-0.4, -0.2) is 38.1 Å². The van der Waals surface area contributed by atoms with Crippen LogP contribution in [0.25, 0.3) is 0 Å². The summed E-state index contributed by atoms with van der Waals surface area (Å²) >= 11 is 0. The first-order valence-corrected chi connectivity index (χ1v) is 15.7. The van der Waals surface area contributed by atoms with Crippen LogP contribution in [0.1, 0.15) is 90.8 Å². The Morgan fingerprint density at radius 1 is 1.09 bits per heavy atom. The molecule has 0 amide bonds. The van der Waals surface area contributed by atoms with Gasteiger partial charge in [0.1, 0.15) is 0 Å². The quantitative estimate of drug-likeness (QED) is 0.279. The lowest BCUT2D eigenvalue weighted by Crippen LogP contribution is -2.41. The molecule has 186 valence electrons. The number of hydrogen-bond acceptors (Lipinski definition) is 3. The minimum absolute atomic E-state index is 0.0737. The molecule has 0 aliphatic carbocycles. The van der Waals surface area contributed by atoms with Crippen LogP contribution in [0.5, 0.6) is 0 Å². The highest BCUT2D eigenvalue weighted by Gasteiger charge is 2.37. The number of hydrogen-bond donors (Lipinski definition) is 1. The Balaban J connectivity index is 2.25. The van der Waals surface area contributed by atoms with E-state index in [1.54, 1.807) is 0 Å². The zero-order valence-corrected chi connectivity index (χ0v) is 23.9. The van der Waals surface area contributed by atoms with Crippen LogP contribution in [0.15, 0.2) is 47.7 Å². The molecule has 0 fully saturated rings. The highest BCUT2D eigenvalue weighted by Crippen LogP contribution is 2.40. The van der Waals surface area contributed by atoms with E-state index in [2.05, 4.69) is 110 Å². The van der Waals surface area contributed by atoms with Crippen LogP contribution < -0.4 is 0 Å². The van der Waals surface area contributed by atoms with Gasteiger partial charge in [-0.15, -0.1) is 0 Å². The third-order valence-electron chi connectivity index (χ3n) is 7.32. The van der Waals surface area contributed by atoms with Gasteiger partial charge >= 0.3 is 0 Å². The smallest absolute Gasteiger partial charge is 0.191 e. The van der Waals surface area contributed by atoms with E-state index in [9.17, 15) is 5.11 Å². The second-order valence-electron chi connectivity index (χ2n) is 12.1. The van der Waals surface area contributed by atoms with E-state index in [0.29, 0.717) is 11.8 Å². The maximum absolute atomic E-state index is 11.3. The van der Waals surface area contributed by atoms with Crippen molar-refractivity contribution in [1.82, 2.24) is 4.90 Å². The number of aliphatic hydroxyl groups excluding tert-OH is 1. The summed E-state index contributed by atoms with van der Waals surface area (Å²) in [5, 5.41) is 11.5. The van der Waals surface area contributed by atoms with E-state index < -0.39 is 14.4 Å². The van der Waals surface area contributed by atoms with Crippen molar-refractivity contribution in [3.8, 4) is 0 Å². The minimum Gasteiger partial charge on any atom is -0.417 e. The van der Waals surface area contributed by atoms with Gasteiger partial charge in [0.25, 0.3) is 0 Å². The Labute approximate surface area is 205 Å². The molecule has 3 nitrogen and oxygen atoms in total. The van der Waals surface area contributed by atoms with Crippen molar-refractivity contribution in [3.05, 3.63) is 58.8 Å². The molecule has 2 rings (SSSR count). The van der Waals surface area contributed by atoms with Crippen molar-refractivity contribution < 1.29 is 9.53 Å². The van der Waals surface area contributed by atoms with Gasteiger partial charge in [-0.1, -0.05) is 78.8 Å². The molecule has 0 radical (unpaired) electrons. The Morgan fingerprint density at radius 2 is 1.73 bits per heavy atom. The van der Waals surface area contributed by atoms with Gasteiger partial charge < -0.3 is 14.4 Å². The normalized spacial score (nSPS) is 18.6. The summed E-state index contributed by atoms with van der Waals surface area (Å²) in [5.74, 6) is 0.885. The molecule has 1 aromatic carbocycles. The molecule has 0 saturated carbocycles. The lowest BCUT2D eigenvalue weighted by molar-refractivity contribution is 0.160. The number of aliphatic hydroxyl groups is 1. The molecule has 0 saturated heterocycles. The standard InChI is InChI=1S/C29H49NO2Si/c1-21(2)18-27(31)26-19-23(14-13-17-32-33(9,10)29(5,6)7)20-30(8)28(26)25-16-12-11-15-24(25)22(3)4/h11-12,15-16,19-22,27-28,31H,13-14,17-18H2,1-10H3. The first-order chi connectivity index (χ1) is 15.2. The molecule has 4 heteroatoms. The van der Waals surface area contributed by atoms with E-state index in [4.69, 9.17) is 4.43 Å². The lowest BCUT2D eigenvalue weighted by Gasteiger charge is -2.38. The molecule has 0 bridgehead atoms. The van der Waals surface area contributed by atoms with Crippen molar-refractivity contribution in [2.45, 2.75) is 104 Å². The van der Waals surface area contributed by atoms with E-state index in [1.807, 2.05) is 0 Å². The Morgan fingerprint density at radius 3 is 2.30 bits per heavy atom.